The molecule has 0 fully saturated rings. The minimum atomic E-state index is -1.06. The molecule has 1 radical (unpaired) electrons. The Hall–Kier alpha value is -0.580. The summed E-state index contributed by atoms with van der Waals surface area (Å²) in [6.45, 7) is 21.8. The molecule has 1 N–H and O–H groups in total. The van der Waals surface area contributed by atoms with E-state index in [4.69, 9.17) is 9.84 Å². The first-order valence-electron chi connectivity index (χ1n) is 10.2. The second-order valence-corrected chi connectivity index (χ2v) is 10.7. The van der Waals surface area contributed by atoms with Gasteiger partial charge in [-0.05, 0) is 47.8 Å². The molecule has 169 valence electrons. The molecule has 3 unspecified atom stereocenters. The molecule has 3 atom stereocenters. The summed E-state index contributed by atoms with van der Waals surface area (Å²) in [5.41, 5.74) is 0.532. The minimum Gasteiger partial charge on any atom is -0.481 e. The molecular formula is C23H42AgO4. The van der Waals surface area contributed by atoms with Gasteiger partial charge in [-0.25, -0.2) is 4.79 Å². The third kappa shape index (κ3) is 15.4. The Morgan fingerprint density at radius 1 is 0.964 bits per heavy atom. The van der Waals surface area contributed by atoms with Crippen LogP contribution in [-0.4, -0.2) is 23.7 Å². The second kappa shape index (κ2) is 12.9. The first-order valence-corrected chi connectivity index (χ1v) is 10.2. The number of rotatable bonds is 11. The van der Waals surface area contributed by atoms with Crippen molar-refractivity contribution in [1.29, 1.82) is 0 Å². The number of hydrogen-bond acceptors (Lipinski definition) is 3. The predicted octanol–water partition coefficient (Wildman–Crippen LogP) is 6.10. The van der Waals surface area contributed by atoms with Crippen molar-refractivity contribution in [2.24, 2.45) is 28.6 Å². The maximum Gasteiger partial charge on any atom is 0.333 e. The van der Waals surface area contributed by atoms with Gasteiger partial charge in [-0.1, -0.05) is 68.4 Å². The molecule has 0 saturated heterocycles. The standard InChI is InChI=1S/C23H42O4.Ag/c1-16(13-22(4,5)6)10-11-19(18(3)14-23(7,8)9)15-27-21(26)17(2)12-20(24)25;/h16,18-19H,2,10-15H2,1,3-9H3,(H,24,25);. The summed E-state index contributed by atoms with van der Waals surface area (Å²) >= 11 is 0. The summed E-state index contributed by atoms with van der Waals surface area (Å²) in [5.74, 6) is -0.341. The Balaban J connectivity index is 0. The second-order valence-electron chi connectivity index (χ2n) is 10.7. The van der Waals surface area contributed by atoms with E-state index < -0.39 is 11.9 Å². The fourth-order valence-corrected chi connectivity index (χ4v) is 3.85. The average Bonchev–Trinajstić information content (AvgIpc) is 2.42. The number of carboxylic acid groups (broad SMARTS) is 1. The monoisotopic (exact) mass is 489 g/mol. The van der Waals surface area contributed by atoms with E-state index in [0.29, 0.717) is 23.9 Å². The molecule has 0 aliphatic carbocycles. The average molecular weight is 490 g/mol. The minimum absolute atomic E-state index is 0. The van der Waals surface area contributed by atoms with Crippen LogP contribution in [0.15, 0.2) is 12.2 Å². The van der Waals surface area contributed by atoms with Gasteiger partial charge in [0.2, 0.25) is 0 Å². The molecule has 0 aromatic carbocycles. The van der Waals surface area contributed by atoms with Crippen molar-refractivity contribution in [3.05, 3.63) is 12.2 Å². The summed E-state index contributed by atoms with van der Waals surface area (Å²) in [6, 6.07) is 0. The van der Waals surface area contributed by atoms with E-state index in [1.54, 1.807) is 0 Å². The Bertz CT molecular complexity index is 500. The summed E-state index contributed by atoms with van der Waals surface area (Å²) in [5, 5.41) is 8.80. The van der Waals surface area contributed by atoms with E-state index in [-0.39, 0.29) is 45.7 Å². The van der Waals surface area contributed by atoms with E-state index in [1.165, 1.54) is 6.42 Å². The van der Waals surface area contributed by atoms with Crippen molar-refractivity contribution < 1.29 is 41.8 Å². The van der Waals surface area contributed by atoms with E-state index in [1.807, 2.05) is 0 Å². The van der Waals surface area contributed by atoms with Crippen LogP contribution >= 0.6 is 0 Å². The zero-order valence-corrected chi connectivity index (χ0v) is 20.6. The van der Waals surface area contributed by atoms with Crippen LogP contribution in [0.4, 0.5) is 0 Å². The molecule has 0 aromatic rings. The normalized spacial score (nSPS) is 15.1. The smallest absolute Gasteiger partial charge is 0.333 e. The summed E-state index contributed by atoms with van der Waals surface area (Å²) in [6.07, 6.45) is 3.96. The van der Waals surface area contributed by atoms with E-state index in [9.17, 15) is 9.59 Å². The van der Waals surface area contributed by atoms with Gasteiger partial charge in [0.25, 0.3) is 0 Å². The molecule has 0 rings (SSSR count). The van der Waals surface area contributed by atoms with Crippen molar-refractivity contribution in [2.75, 3.05) is 6.61 Å². The van der Waals surface area contributed by atoms with Crippen LogP contribution in [0.3, 0.4) is 0 Å². The SMILES string of the molecule is C=C(CC(=O)O)C(=O)OCC(CCC(C)CC(C)(C)C)C(C)CC(C)(C)C.[Ag]. The molecule has 0 aromatic heterocycles. The van der Waals surface area contributed by atoms with Gasteiger partial charge in [0, 0.05) is 28.0 Å². The number of carbonyl (C=O) groups excluding carboxylic acids is 1. The zero-order chi connectivity index (χ0) is 21.4. The number of carboxylic acids is 1. The first-order chi connectivity index (χ1) is 12.1. The maximum atomic E-state index is 12.0. The van der Waals surface area contributed by atoms with Crippen LogP contribution < -0.4 is 0 Å². The van der Waals surface area contributed by atoms with Gasteiger partial charge in [-0.15, -0.1) is 0 Å². The third-order valence-electron chi connectivity index (χ3n) is 4.81. The van der Waals surface area contributed by atoms with Gasteiger partial charge >= 0.3 is 11.9 Å². The van der Waals surface area contributed by atoms with Gasteiger partial charge in [0.05, 0.1) is 13.0 Å². The zero-order valence-electron chi connectivity index (χ0n) is 19.2. The summed E-state index contributed by atoms with van der Waals surface area (Å²) in [7, 11) is 0. The molecule has 0 aliphatic rings. The maximum absolute atomic E-state index is 12.0. The Morgan fingerprint density at radius 2 is 1.46 bits per heavy atom. The van der Waals surface area contributed by atoms with Crippen LogP contribution in [0.25, 0.3) is 0 Å². The molecule has 0 spiro atoms. The van der Waals surface area contributed by atoms with Crippen LogP contribution in [0.2, 0.25) is 0 Å². The Labute approximate surface area is 188 Å². The summed E-state index contributed by atoms with van der Waals surface area (Å²) < 4.78 is 5.43. The molecule has 0 bridgehead atoms. The van der Waals surface area contributed by atoms with Crippen molar-refractivity contribution in [3.8, 4) is 0 Å². The Kier molecular flexibility index (Phi) is 13.6. The Morgan fingerprint density at radius 3 is 1.89 bits per heavy atom. The predicted molar refractivity (Wildman–Crippen MR) is 112 cm³/mol. The quantitative estimate of drug-likeness (QED) is 0.216. The van der Waals surface area contributed by atoms with E-state index in [0.717, 1.165) is 19.3 Å². The van der Waals surface area contributed by atoms with Crippen molar-refractivity contribution in [1.82, 2.24) is 0 Å². The van der Waals surface area contributed by atoms with E-state index >= 15 is 0 Å². The number of aliphatic carboxylic acids is 1. The summed E-state index contributed by atoms with van der Waals surface area (Å²) in [4.78, 5) is 22.8. The van der Waals surface area contributed by atoms with Gasteiger partial charge in [-0.3, -0.25) is 4.79 Å². The molecule has 0 saturated carbocycles. The third-order valence-corrected chi connectivity index (χ3v) is 4.81. The van der Waals surface area contributed by atoms with Crippen molar-refractivity contribution in [2.45, 2.75) is 87.5 Å². The molecule has 0 heterocycles. The molecule has 0 amide bonds. The topological polar surface area (TPSA) is 63.6 Å². The van der Waals surface area contributed by atoms with Gasteiger partial charge in [0.1, 0.15) is 0 Å². The van der Waals surface area contributed by atoms with Crippen molar-refractivity contribution in [3.63, 3.8) is 0 Å². The molecule has 28 heavy (non-hydrogen) atoms. The number of esters is 1. The van der Waals surface area contributed by atoms with Gasteiger partial charge in [-0.2, -0.15) is 0 Å². The van der Waals surface area contributed by atoms with Crippen molar-refractivity contribution >= 4 is 11.9 Å². The number of hydrogen-bond donors (Lipinski definition) is 1. The molecular weight excluding hydrogens is 448 g/mol. The van der Waals surface area contributed by atoms with E-state index in [2.05, 4.69) is 62.0 Å². The van der Waals surface area contributed by atoms with Crippen LogP contribution in [0, 0.1) is 28.6 Å². The van der Waals surface area contributed by atoms with Crippen LogP contribution in [0.5, 0.6) is 0 Å². The fraction of sp³-hybridized carbons (Fsp3) is 0.826. The molecule has 4 nitrogen and oxygen atoms in total. The van der Waals surface area contributed by atoms with Gasteiger partial charge in [0.15, 0.2) is 0 Å². The first kappa shape index (κ1) is 29.6. The van der Waals surface area contributed by atoms with Crippen LogP contribution in [-0.2, 0) is 36.7 Å². The molecule has 5 heteroatoms. The molecule has 0 aliphatic heterocycles. The fourth-order valence-electron chi connectivity index (χ4n) is 3.85. The number of carbonyl (C=O) groups is 2. The van der Waals surface area contributed by atoms with Gasteiger partial charge < -0.3 is 9.84 Å². The number of ether oxygens (including phenoxy) is 1. The van der Waals surface area contributed by atoms with Crippen LogP contribution in [0.1, 0.15) is 87.5 Å². The largest absolute Gasteiger partial charge is 0.481 e.